The molecule has 1 atom stereocenters. The normalized spacial score (nSPS) is 20.6. The smallest absolute Gasteiger partial charge is 0.228 e. The maximum atomic E-state index is 12.9. The summed E-state index contributed by atoms with van der Waals surface area (Å²) in [6.45, 7) is 0.652. The van der Waals surface area contributed by atoms with E-state index in [9.17, 15) is 9.18 Å². The van der Waals surface area contributed by atoms with E-state index in [0.717, 1.165) is 11.5 Å². The van der Waals surface area contributed by atoms with Crippen molar-refractivity contribution in [1.82, 2.24) is 4.98 Å². The van der Waals surface area contributed by atoms with Crippen LogP contribution in [0.5, 0.6) is 0 Å². The van der Waals surface area contributed by atoms with Crippen LogP contribution in [0.15, 0.2) is 12.3 Å². The lowest BCUT2D eigenvalue weighted by Crippen LogP contribution is -2.26. The molecule has 1 saturated heterocycles. The quantitative estimate of drug-likeness (QED) is 0.566. The fraction of sp³-hybridized carbons (Fsp3) is 0.400. The molecule has 1 aliphatic rings. The molecule has 16 heavy (non-hydrogen) atoms. The van der Waals surface area contributed by atoms with Crippen molar-refractivity contribution in [3.8, 4) is 0 Å². The fourth-order valence-corrected chi connectivity index (χ4v) is 2.86. The number of carbonyl (C=O) groups is 1. The van der Waals surface area contributed by atoms with Gasteiger partial charge in [0.1, 0.15) is 11.6 Å². The second kappa shape index (κ2) is 4.95. The Labute approximate surface area is 115 Å². The molecule has 1 aliphatic heterocycles. The van der Waals surface area contributed by atoms with Crippen LogP contribution in [-0.4, -0.2) is 22.8 Å². The number of nitrogens with zero attached hydrogens (tertiary/aromatic N) is 2. The largest absolute Gasteiger partial charge is 0.296 e. The molecule has 0 radical (unpaired) electrons. The summed E-state index contributed by atoms with van der Waals surface area (Å²) in [5, 5.41) is 0.799. The number of aromatic nitrogens is 1. The minimum atomic E-state index is -0.378. The van der Waals surface area contributed by atoms with E-state index in [4.69, 9.17) is 0 Å². The maximum absolute atomic E-state index is 12.9. The lowest BCUT2D eigenvalue weighted by atomic mass is 10.2. The monoisotopic (exact) mass is 398 g/mol. The summed E-state index contributed by atoms with van der Waals surface area (Å²) < 4.78 is 13.6. The van der Waals surface area contributed by atoms with E-state index in [0.29, 0.717) is 28.3 Å². The van der Waals surface area contributed by atoms with E-state index < -0.39 is 0 Å². The van der Waals surface area contributed by atoms with Gasteiger partial charge in [-0.15, -0.1) is 0 Å². The molecule has 0 saturated carbocycles. The fourth-order valence-electron chi connectivity index (χ4n) is 1.70. The zero-order valence-corrected chi connectivity index (χ0v) is 12.0. The predicted octanol–water partition coefficient (Wildman–Crippen LogP) is 2.57. The molecule has 86 valence electrons. The summed E-state index contributed by atoms with van der Waals surface area (Å²) in [6, 6.07) is 1.39. The van der Waals surface area contributed by atoms with Gasteiger partial charge in [0.05, 0.1) is 9.77 Å². The molecule has 0 bridgehead atoms. The van der Waals surface area contributed by atoms with Crippen LogP contribution in [0, 0.1) is 15.3 Å². The van der Waals surface area contributed by atoms with Gasteiger partial charge in [-0.25, -0.2) is 9.37 Å². The first kappa shape index (κ1) is 12.2. The highest BCUT2D eigenvalue weighted by Gasteiger charge is 2.31. The Kier molecular flexibility index (Phi) is 3.78. The highest BCUT2D eigenvalue weighted by atomic mass is 127. The van der Waals surface area contributed by atoms with Gasteiger partial charge in [-0.3, -0.25) is 9.69 Å². The van der Waals surface area contributed by atoms with Gasteiger partial charge in [-0.2, -0.15) is 0 Å². The second-order valence-electron chi connectivity index (χ2n) is 3.69. The van der Waals surface area contributed by atoms with Crippen molar-refractivity contribution in [2.75, 3.05) is 16.8 Å². The SMILES string of the molecule is O=C1CC(CBr)CN1c1ncc(F)cc1I. The summed E-state index contributed by atoms with van der Waals surface area (Å²) >= 11 is 5.37. The second-order valence-corrected chi connectivity index (χ2v) is 5.50. The highest BCUT2D eigenvalue weighted by Crippen LogP contribution is 2.28. The lowest BCUT2D eigenvalue weighted by molar-refractivity contribution is -0.117. The number of halogens is 3. The third kappa shape index (κ3) is 2.37. The maximum Gasteiger partial charge on any atom is 0.228 e. The first-order valence-electron chi connectivity index (χ1n) is 4.79. The van der Waals surface area contributed by atoms with Crippen molar-refractivity contribution >= 4 is 50.2 Å². The van der Waals surface area contributed by atoms with Gasteiger partial charge in [0.25, 0.3) is 0 Å². The zero-order valence-electron chi connectivity index (χ0n) is 8.29. The van der Waals surface area contributed by atoms with Crippen LogP contribution < -0.4 is 4.90 Å². The Morgan fingerprint density at radius 1 is 1.69 bits per heavy atom. The van der Waals surface area contributed by atoms with E-state index in [2.05, 4.69) is 20.9 Å². The van der Waals surface area contributed by atoms with Crippen molar-refractivity contribution in [3.05, 3.63) is 21.7 Å². The molecule has 6 heteroatoms. The van der Waals surface area contributed by atoms with Gasteiger partial charge < -0.3 is 0 Å². The van der Waals surface area contributed by atoms with E-state index in [-0.39, 0.29) is 11.7 Å². The Hall–Kier alpha value is -0.240. The van der Waals surface area contributed by atoms with Crippen molar-refractivity contribution < 1.29 is 9.18 Å². The minimum absolute atomic E-state index is 0.0569. The summed E-state index contributed by atoms with van der Waals surface area (Å²) in [5.41, 5.74) is 0. The van der Waals surface area contributed by atoms with Gasteiger partial charge in [-0.05, 0) is 34.6 Å². The third-order valence-electron chi connectivity index (χ3n) is 2.47. The number of amides is 1. The number of alkyl halides is 1. The van der Waals surface area contributed by atoms with Gasteiger partial charge in [0.2, 0.25) is 5.91 Å². The van der Waals surface area contributed by atoms with Crippen LogP contribution in [0.2, 0.25) is 0 Å². The minimum Gasteiger partial charge on any atom is -0.296 e. The van der Waals surface area contributed by atoms with Crippen LogP contribution in [0.1, 0.15) is 6.42 Å². The van der Waals surface area contributed by atoms with Crippen LogP contribution in [-0.2, 0) is 4.79 Å². The molecule has 1 aromatic rings. The number of pyridine rings is 1. The summed E-state index contributed by atoms with van der Waals surface area (Å²) in [7, 11) is 0. The van der Waals surface area contributed by atoms with Crippen molar-refractivity contribution in [2.45, 2.75) is 6.42 Å². The van der Waals surface area contributed by atoms with Crippen molar-refractivity contribution in [3.63, 3.8) is 0 Å². The summed E-state index contributed by atoms with van der Waals surface area (Å²) in [6.07, 6.45) is 1.67. The first-order chi connectivity index (χ1) is 7.61. The number of carbonyl (C=O) groups excluding carboxylic acids is 1. The Bertz CT molecular complexity index is 429. The average molecular weight is 399 g/mol. The van der Waals surface area contributed by atoms with E-state index in [1.165, 1.54) is 6.07 Å². The van der Waals surface area contributed by atoms with Crippen LogP contribution in [0.4, 0.5) is 10.2 Å². The van der Waals surface area contributed by atoms with E-state index >= 15 is 0 Å². The lowest BCUT2D eigenvalue weighted by Gasteiger charge is -2.16. The Balaban J connectivity index is 2.28. The van der Waals surface area contributed by atoms with Crippen LogP contribution >= 0.6 is 38.5 Å². The van der Waals surface area contributed by atoms with Gasteiger partial charge in [0.15, 0.2) is 0 Å². The van der Waals surface area contributed by atoms with Crippen LogP contribution in [0.3, 0.4) is 0 Å². The highest BCUT2D eigenvalue weighted by molar-refractivity contribution is 14.1. The molecule has 2 rings (SSSR count). The molecule has 0 aromatic carbocycles. The first-order valence-corrected chi connectivity index (χ1v) is 6.99. The van der Waals surface area contributed by atoms with Gasteiger partial charge >= 0.3 is 0 Å². The van der Waals surface area contributed by atoms with Crippen LogP contribution in [0.25, 0.3) is 0 Å². The predicted molar refractivity (Wildman–Crippen MR) is 71.2 cm³/mol. The Morgan fingerprint density at radius 2 is 2.44 bits per heavy atom. The number of hydrogen-bond donors (Lipinski definition) is 0. The summed E-state index contributed by atoms with van der Waals surface area (Å²) in [4.78, 5) is 17.4. The molecule has 0 N–H and O–H groups in total. The molecule has 1 amide bonds. The number of anilines is 1. The van der Waals surface area contributed by atoms with Gasteiger partial charge in [0, 0.05) is 18.3 Å². The molecule has 3 nitrogen and oxygen atoms in total. The number of rotatable bonds is 2. The van der Waals surface area contributed by atoms with Crippen molar-refractivity contribution in [1.29, 1.82) is 0 Å². The Morgan fingerprint density at radius 3 is 3.00 bits per heavy atom. The third-order valence-corrected chi connectivity index (χ3v) is 4.18. The molecule has 1 fully saturated rings. The molecule has 1 unspecified atom stereocenters. The molecular weight excluding hydrogens is 390 g/mol. The van der Waals surface area contributed by atoms with Crippen molar-refractivity contribution in [2.24, 2.45) is 5.92 Å². The number of hydrogen-bond acceptors (Lipinski definition) is 2. The topological polar surface area (TPSA) is 33.2 Å². The molecule has 2 heterocycles. The zero-order chi connectivity index (χ0) is 11.7. The van der Waals surface area contributed by atoms with Gasteiger partial charge in [-0.1, -0.05) is 15.9 Å². The average Bonchev–Trinajstić information content (AvgIpc) is 2.60. The molecule has 0 aliphatic carbocycles. The molecule has 0 spiro atoms. The van der Waals surface area contributed by atoms with E-state index in [1.54, 1.807) is 4.90 Å². The molecule has 1 aromatic heterocycles. The van der Waals surface area contributed by atoms with E-state index in [1.807, 2.05) is 22.6 Å². The summed E-state index contributed by atoms with van der Waals surface area (Å²) in [5.74, 6) is 0.559. The standard InChI is InChI=1S/C10H9BrFIN2O/c11-3-6-1-9(16)15(5-6)10-8(13)2-7(12)4-14-10/h2,4,6H,1,3,5H2. The molecular formula is C10H9BrFIN2O.